The molecule has 20 heavy (non-hydrogen) atoms. The summed E-state index contributed by atoms with van der Waals surface area (Å²) in [5.41, 5.74) is 3.29. The van der Waals surface area contributed by atoms with Crippen molar-refractivity contribution < 1.29 is 0 Å². The third-order valence-electron chi connectivity index (χ3n) is 3.07. The van der Waals surface area contributed by atoms with Crippen LogP contribution in [0.15, 0.2) is 60.9 Å². The maximum absolute atomic E-state index is 3.93. The normalized spacial score (nSPS) is 10.4. The van der Waals surface area contributed by atoms with Crippen molar-refractivity contribution >= 4 is 5.69 Å². The SMILES string of the molecule is c1ccc(CCNc2ccccc2-n2cnnn2)cc1. The number of hydrogen-bond acceptors (Lipinski definition) is 4. The van der Waals surface area contributed by atoms with E-state index in [2.05, 4.69) is 45.1 Å². The lowest BCUT2D eigenvalue weighted by Crippen LogP contribution is -2.08. The second kappa shape index (κ2) is 5.97. The van der Waals surface area contributed by atoms with Crippen LogP contribution in [0.25, 0.3) is 5.69 Å². The number of hydrogen-bond donors (Lipinski definition) is 1. The van der Waals surface area contributed by atoms with Gasteiger partial charge in [0, 0.05) is 6.54 Å². The van der Waals surface area contributed by atoms with Gasteiger partial charge >= 0.3 is 0 Å². The van der Waals surface area contributed by atoms with Crippen LogP contribution in [0.1, 0.15) is 5.56 Å². The summed E-state index contributed by atoms with van der Waals surface area (Å²) in [6, 6.07) is 18.4. The number of rotatable bonds is 5. The summed E-state index contributed by atoms with van der Waals surface area (Å²) in [4.78, 5) is 0. The zero-order valence-corrected chi connectivity index (χ0v) is 11.0. The first-order valence-electron chi connectivity index (χ1n) is 6.54. The lowest BCUT2D eigenvalue weighted by molar-refractivity contribution is 0.789. The third kappa shape index (κ3) is 2.83. The molecule has 1 N–H and O–H groups in total. The summed E-state index contributed by atoms with van der Waals surface area (Å²) in [5, 5.41) is 14.7. The number of benzene rings is 2. The van der Waals surface area contributed by atoms with E-state index in [0.29, 0.717) is 0 Å². The van der Waals surface area contributed by atoms with Crippen molar-refractivity contribution in [2.75, 3.05) is 11.9 Å². The average molecular weight is 265 g/mol. The maximum atomic E-state index is 3.93. The molecule has 3 aromatic rings. The third-order valence-corrected chi connectivity index (χ3v) is 3.07. The van der Waals surface area contributed by atoms with Crippen LogP contribution in [0.4, 0.5) is 5.69 Å². The number of anilines is 1. The smallest absolute Gasteiger partial charge is 0.143 e. The van der Waals surface area contributed by atoms with E-state index in [9.17, 15) is 0 Å². The summed E-state index contributed by atoms with van der Waals surface area (Å²) < 4.78 is 1.66. The summed E-state index contributed by atoms with van der Waals surface area (Å²) in [6.07, 6.45) is 2.57. The average Bonchev–Trinajstić information content (AvgIpc) is 3.03. The molecule has 0 aliphatic heterocycles. The Kier molecular flexibility index (Phi) is 3.68. The zero-order valence-electron chi connectivity index (χ0n) is 11.0. The van der Waals surface area contributed by atoms with Crippen LogP contribution >= 0.6 is 0 Å². The van der Waals surface area contributed by atoms with Crippen molar-refractivity contribution in [1.82, 2.24) is 20.2 Å². The monoisotopic (exact) mass is 265 g/mol. The van der Waals surface area contributed by atoms with Crippen LogP contribution in [0.3, 0.4) is 0 Å². The molecule has 1 heterocycles. The minimum atomic E-state index is 0.864. The Morgan fingerprint density at radius 3 is 2.55 bits per heavy atom. The van der Waals surface area contributed by atoms with Crippen molar-refractivity contribution in [2.45, 2.75) is 6.42 Å². The molecule has 0 aliphatic carbocycles. The molecule has 0 atom stereocenters. The Hall–Kier alpha value is -2.69. The summed E-state index contributed by atoms with van der Waals surface area (Å²) in [6.45, 7) is 0.864. The van der Waals surface area contributed by atoms with E-state index in [1.165, 1.54) is 5.56 Å². The largest absolute Gasteiger partial charge is 0.383 e. The number of para-hydroxylation sites is 2. The van der Waals surface area contributed by atoms with Crippen LogP contribution in [-0.2, 0) is 6.42 Å². The van der Waals surface area contributed by atoms with Gasteiger partial charge in [-0.1, -0.05) is 42.5 Å². The minimum absolute atomic E-state index is 0.864. The van der Waals surface area contributed by atoms with E-state index < -0.39 is 0 Å². The summed E-state index contributed by atoms with van der Waals surface area (Å²) >= 11 is 0. The summed E-state index contributed by atoms with van der Waals surface area (Å²) in [5.74, 6) is 0. The molecular weight excluding hydrogens is 250 g/mol. The lowest BCUT2D eigenvalue weighted by atomic mass is 10.1. The van der Waals surface area contributed by atoms with Crippen molar-refractivity contribution in [2.24, 2.45) is 0 Å². The molecule has 5 nitrogen and oxygen atoms in total. The van der Waals surface area contributed by atoms with Gasteiger partial charge in [0.2, 0.25) is 0 Å². The Bertz CT molecular complexity index is 649. The number of aromatic nitrogens is 4. The fourth-order valence-electron chi connectivity index (χ4n) is 2.08. The van der Waals surface area contributed by atoms with E-state index >= 15 is 0 Å². The van der Waals surface area contributed by atoms with E-state index in [-0.39, 0.29) is 0 Å². The summed E-state index contributed by atoms with van der Waals surface area (Å²) in [7, 11) is 0. The molecular formula is C15H15N5. The molecule has 0 radical (unpaired) electrons. The van der Waals surface area contributed by atoms with E-state index in [0.717, 1.165) is 24.3 Å². The highest BCUT2D eigenvalue weighted by Crippen LogP contribution is 2.18. The fraction of sp³-hybridized carbons (Fsp3) is 0.133. The highest BCUT2D eigenvalue weighted by molar-refractivity contribution is 5.60. The van der Waals surface area contributed by atoms with E-state index in [4.69, 9.17) is 0 Å². The molecule has 0 aliphatic rings. The molecule has 2 aromatic carbocycles. The van der Waals surface area contributed by atoms with Crippen LogP contribution in [-0.4, -0.2) is 26.8 Å². The quantitative estimate of drug-likeness (QED) is 0.769. The highest BCUT2D eigenvalue weighted by Gasteiger charge is 2.04. The predicted octanol–water partition coefficient (Wildman–Crippen LogP) is 2.32. The van der Waals surface area contributed by atoms with E-state index in [1.54, 1.807) is 11.0 Å². The van der Waals surface area contributed by atoms with Crippen LogP contribution in [0.5, 0.6) is 0 Å². The molecule has 0 saturated carbocycles. The van der Waals surface area contributed by atoms with Gasteiger partial charge in [-0.05, 0) is 34.5 Å². The van der Waals surface area contributed by atoms with Gasteiger partial charge in [0.05, 0.1) is 11.4 Å². The van der Waals surface area contributed by atoms with Gasteiger partial charge in [-0.25, -0.2) is 0 Å². The van der Waals surface area contributed by atoms with Gasteiger partial charge in [0.1, 0.15) is 6.33 Å². The Morgan fingerprint density at radius 1 is 0.950 bits per heavy atom. The second-order valence-electron chi connectivity index (χ2n) is 4.43. The molecule has 3 rings (SSSR count). The molecule has 0 amide bonds. The zero-order chi connectivity index (χ0) is 13.6. The van der Waals surface area contributed by atoms with Gasteiger partial charge in [-0.2, -0.15) is 4.68 Å². The minimum Gasteiger partial charge on any atom is -0.383 e. The van der Waals surface area contributed by atoms with Gasteiger partial charge in [-0.15, -0.1) is 5.10 Å². The molecule has 0 bridgehead atoms. The fourth-order valence-corrected chi connectivity index (χ4v) is 2.08. The number of tetrazole rings is 1. The van der Waals surface area contributed by atoms with Crippen LogP contribution < -0.4 is 5.32 Å². The van der Waals surface area contributed by atoms with Crippen molar-refractivity contribution in [3.05, 3.63) is 66.5 Å². The molecule has 100 valence electrons. The number of nitrogens with one attached hydrogen (secondary N) is 1. The number of nitrogens with zero attached hydrogens (tertiary/aromatic N) is 4. The second-order valence-corrected chi connectivity index (χ2v) is 4.43. The Balaban J connectivity index is 1.69. The Labute approximate surface area is 117 Å². The van der Waals surface area contributed by atoms with E-state index in [1.807, 2.05) is 30.3 Å². The Morgan fingerprint density at radius 2 is 1.75 bits per heavy atom. The standard InChI is InChI=1S/C15H15N5/c1-2-6-13(7-3-1)10-11-16-14-8-4-5-9-15(14)20-12-17-18-19-20/h1-9,12,16H,10-11H2. The van der Waals surface area contributed by atoms with Crippen molar-refractivity contribution in [3.8, 4) is 5.69 Å². The predicted molar refractivity (Wildman–Crippen MR) is 77.8 cm³/mol. The highest BCUT2D eigenvalue weighted by atomic mass is 15.5. The van der Waals surface area contributed by atoms with Crippen LogP contribution in [0.2, 0.25) is 0 Å². The molecule has 0 unspecified atom stereocenters. The molecule has 0 spiro atoms. The topological polar surface area (TPSA) is 55.6 Å². The molecule has 1 aromatic heterocycles. The van der Waals surface area contributed by atoms with Gasteiger partial charge in [-0.3, -0.25) is 0 Å². The van der Waals surface area contributed by atoms with Crippen LogP contribution in [0, 0.1) is 0 Å². The first kappa shape index (κ1) is 12.3. The maximum Gasteiger partial charge on any atom is 0.143 e. The lowest BCUT2D eigenvalue weighted by Gasteiger charge is -2.11. The first-order valence-corrected chi connectivity index (χ1v) is 6.54. The van der Waals surface area contributed by atoms with Gasteiger partial charge < -0.3 is 5.32 Å². The molecule has 0 fully saturated rings. The molecule has 5 heteroatoms. The first-order chi connectivity index (χ1) is 9.93. The van der Waals surface area contributed by atoms with Gasteiger partial charge in [0.15, 0.2) is 0 Å². The molecule has 0 saturated heterocycles. The van der Waals surface area contributed by atoms with Crippen molar-refractivity contribution in [1.29, 1.82) is 0 Å². The van der Waals surface area contributed by atoms with Gasteiger partial charge in [0.25, 0.3) is 0 Å². The van der Waals surface area contributed by atoms with Crippen molar-refractivity contribution in [3.63, 3.8) is 0 Å².